The number of rotatable bonds is 9. The molecule has 0 aliphatic heterocycles. The first-order valence-corrected chi connectivity index (χ1v) is 12.5. The van der Waals surface area contributed by atoms with Crippen LogP contribution in [0.2, 0.25) is 0 Å². The van der Waals surface area contributed by atoms with E-state index in [9.17, 15) is 9.59 Å². The van der Waals surface area contributed by atoms with Crippen molar-refractivity contribution in [3.8, 4) is 5.69 Å². The molecule has 2 amide bonds. The molecule has 0 unspecified atom stereocenters. The second kappa shape index (κ2) is 11.3. The summed E-state index contributed by atoms with van der Waals surface area (Å²) in [6.07, 6.45) is 3.28. The summed E-state index contributed by atoms with van der Waals surface area (Å²) in [4.78, 5) is 27.7. The van der Waals surface area contributed by atoms with Crippen LogP contribution >= 0.6 is 0 Å². The molecule has 6 nitrogen and oxygen atoms in total. The average molecular weight is 475 g/mol. The van der Waals surface area contributed by atoms with Gasteiger partial charge in [0.1, 0.15) is 12.4 Å². The smallest absolute Gasteiger partial charge is 0.254 e. The predicted octanol–water partition coefficient (Wildman–Crippen LogP) is 5.92. The van der Waals surface area contributed by atoms with Gasteiger partial charge in [0, 0.05) is 23.6 Å². The minimum Gasteiger partial charge on any atom is -0.330 e. The number of nitrogens with one attached hydrogen (secondary N) is 1. The number of aryl methyl sites for hydroxylation is 2. The lowest BCUT2D eigenvalue weighted by Gasteiger charge is -2.20. The fourth-order valence-corrected chi connectivity index (χ4v) is 3.78. The molecule has 0 atom stereocenters. The first kappa shape index (κ1) is 26.2. The average Bonchev–Trinajstić information content (AvgIpc) is 3.26. The van der Waals surface area contributed by atoms with Crippen LogP contribution in [0.15, 0.2) is 54.6 Å². The summed E-state index contributed by atoms with van der Waals surface area (Å²) in [5, 5.41) is 7.75. The lowest BCUT2D eigenvalue weighted by Crippen LogP contribution is -2.38. The van der Waals surface area contributed by atoms with E-state index in [0.29, 0.717) is 17.9 Å². The standard InChI is InChI=1S/C29H38N4O2/c1-7-9-10-22-13-15-23(16-14-22)28(35)32(8-2)20-27(34)30-26-19-25(29(4,5)6)31-33(26)24-17-11-21(3)12-18-24/h11-19H,7-10,20H2,1-6H3,(H,30,34). The fraction of sp³-hybridized carbons (Fsp3) is 0.414. The molecule has 0 aliphatic carbocycles. The van der Waals surface area contributed by atoms with Gasteiger partial charge in [-0.15, -0.1) is 0 Å². The number of hydrogen-bond donors (Lipinski definition) is 1. The van der Waals surface area contributed by atoms with E-state index >= 15 is 0 Å². The Kier molecular flexibility index (Phi) is 8.49. The van der Waals surface area contributed by atoms with Crippen molar-refractivity contribution in [2.24, 2.45) is 0 Å². The number of anilines is 1. The topological polar surface area (TPSA) is 67.2 Å². The second-order valence-corrected chi connectivity index (χ2v) is 10.1. The van der Waals surface area contributed by atoms with E-state index in [-0.39, 0.29) is 23.8 Å². The summed E-state index contributed by atoms with van der Waals surface area (Å²) in [6.45, 7) is 12.8. The number of aromatic nitrogens is 2. The van der Waals surface area contributed by atoms with E-state index in [2.05, 4.69) is 33.0 Å². The van der Waals surface area contributed by atoms with Gasteiger partial charge in [0.05, 0.1) is 11.4 Å². The van der Waals surface area contributed by atoms with Gasteiger partial charge in [0.15, 0.2) is 0 Å². The van der Waals surface area contributed by atoms with Gasteiger partial charge in [-0.1, -0.05) is 63.9 Å². The van der Waals surface area contributed by atoms with E-state index in [0.717, 1.165) is 36.2 Å². The van der Waals surface area contributed by atoms with Gasteiger partial charge >= 0.3 is 0 Å². The molecule has 2 aromatic carbocycles. The number of amides is 2. The molecule has 6 heteroatoms. The lowest BCUT2D eigenvalue weighted by atomic mass is 9.92. The Bertz CT molecular complexity index is 1140. The largest absolute Gasteiger partial charge is 0.330 e. The monoisotopic (exact) mass is 474 g/mol. The summed E-state index contributed by atoms with van der Waals surface area (Å²) in [5.41, 5.74) is 4.54. The SMILES string of the molecule is CCCCc1ccc(C(=O)N(CC)CC(=O)Nc2cc(C(C)(C)C)nn2-c2ccc(C)cc2)cc1. The van der Waals surface area contributed by atoms with E-state index in [1.807, 2.05) is 68.4 Å². The van der Waals surface area contributed by atoms with Crippen LogP contribution in [-0.2, 0) is 16.6 Å². The Hall–Kier alpha value is -3.41. The highest BCUT2D eigenvalue weighted by Gasteiger charge is 2.23. The number of likely N-dealkylation sites (N-methyl/N-ethyl adjacent to an activating group) is 1. The summed E-state index contributed by atoms with van der Waals surface area (Å²) in [6, 6.07) is 17.6. The zero-order valence-electron chi connectivity index (χ0n) is 21.9. The molecule has 35 heavy (non-hydrogen) atoms. The molecule has 186 valence electrons. The number of carbonyl (C=O) groups is 2. The van der Waals surface area contributed by atoms with Crippen LogP contribution in [0.4, 0.5) is 5.82 Å². The maximum atomic E-state index is 13.1. The lowest BCUT2D eigenvalue weighted by molar-refractivity contribution is -0.116. The number of hydrogen-bond acceptors (Lipinski definition) is 3. The molecule has 0 aliphatic rings. The van der Waals surface area contributed by atoms with Gasteiger partial charge in [0.25, 0.3) is 5.91 Å². The van der Waals surface area contributed by atoms with Crippen LogP contribution in [-0.4, -0.2) is 39.6 Å². The van der Waals surface area contributed by atoms with Crippen LogP contribution < -0.4 is 5.32 Å². The maximum Gasteiger partial charge on any atom is 0.254 e. The van der Waals surface area contributed by atoms with Crippen LogP contribution in [0.5, 0.6) is 0 Å². The summed E-state index contributed by atoms with van der Waals surface area (Å²) < 4.78 is 1.76. The third kappa shape index (κ3) is 6.81. The molecule has 0 fully saturated rings. The van der Waals surface area contributed by atoms with Crippen molar-refractivity contribution in [3.63, 3.8) is 0 Å². The number of carbonyl (C=O) groups excluding carboxylic acids is 2. The predicted molar refractivity (Wildman–Crippen MR) is 142 cm³/mol. The van der Waals surface area contributed by atoms with Crippen LogP contribution in [0, 0.1) is 6.92 Å². The molecule has 3 aromatic rings. The maximum absolute atomic E-state index is 13.1. The van der Waals surface area contributed by atoms with Crippen LogP contribution in [0.3, 0.4) is 0 Å². The first-order chi connectivity index (χ1) is 16.6. The molecule has 1 heterocycles. The Labute approximate surface area is 209 Å². The molecule has 0 saturated carbocycles. The molecule has 1 aromatic heterocycles. The second-order valence-electron chi connectivity index (χ2n) is 10.1. The van der Waals surface area contributed by atoms with Gasteiger partial charge in [0.2, 0.25) is 5.91 Å². The van der Waals surface area contributed by atoms with Gasteiger partial charge < -0.3 is 10.2 Å². The van der Waals surface area contributed by atoms with E-state index in [4.69, 9.17) is 5.10 Å². The summed E-state index contributed by atoms with van der Waals surface area (Å²) in [7, 11) is 0. The zero-order chi connectivity index (χ0) is 25.6. The van der Waals surface area contributed by atoms with Crippen molar-refractivity contribution in [3.05, 3.63) is 77.0 Å². The van der Waals surface area contributed by atoms with Crippen molar-refractivity contribution in [1.29, 1.82) is 0 Å². The van der Waals surface area contributed by atoms with Gasteiger partial charge in [-0.3, -0.25) is 9.59 Å². The molecule has 3 rings (SSSR count). The fourth-order valence-electron chi connectivity index (χ4n) is 3.78. The van der Waals surface area contributed by atoms with Crippen molar-refractivity contribution in [2.75, 3.05) is 18.4 Å². The van der Waals surface area contributed by atoms with E-state index in [1.165, 1.54) is 5.56 Å². The zero-order valence-corrected chi connectivity index (χ0v) is 21.9. The summed E-state index contributed by atoms with van der Waals surface area (Å²) >= 11 is 0. The molecule has 0 spiro atoms. The van der Waals surface area contributed by atoms with Crippen LogP contribution in [0.1, 0.15) is 74.6 Å². The Balaban J connectivity index is 1.76. The van der Waals surface area contributed by atoms with E-state index < -0.39 is 0 Å². The Morgan fingerprint density at radius 1 is 1.00 bits per heavy atom. The molecule has 0 radical (unpaired) electrons. The van der Waals surface area contributed by atoms with Crippen molar-refractivity contribution < 1.29 is 9.59 Å². The number of unbranched alkanes of at least 4 members (excludes halogenated alkanes) is 1. The highest BCUT2D eigenvalue weighted by atomic mass is 16.2. The van der Waals surface area contributed by atoms with Crippen molar-refractivity contribution in [2.45, 2.75) is 66.2 Å². The van der Waals surface area contributed by atoms with Crippen LogP contribution in [0.25, 0.3) is 5.69 Å². The van der Waals surface area contributed by atoms with Crippen molar-refractivity contribution in [1.82, 2.24) is 14.7 Å². The molecular weight excluding hydrogens is 436 g/mol. The van der Waals surface area contributed by atoms with Crippen molar-refractivity contribution >= 4 is 17.6 Å². The van der Waals surface area contributed by atoms with Gasteiger partial charge in [-0.05, 0) is 56.5 Å². The Morgan fingerprint density at radius 3 is 2.23 bits per heavy atom. The minimum atomic E-state index is -0.256. The molecule has 1 N–H and O–H groups in total. The van der Waals surface area contributed by atoms with Gasteiger partial charge in [-0.2, -0.15) is 5.10 Å². The molecular formula is C29H38N4O2. The van der Waals surface area contributed by atoms with E-state index in [1.54, 1.807) is 9.58 Å². The molecule has 0 saturated heterocycles. The number of benzene rings is 2. The number of nitrogens with zero attached hydrogens (tertiary/aromatic N) is 3. The third-order valence-electron chi connectivity index (χ3n) is 6.05. The Morgan fingerprint density at radius 2 is 1.66 bits per heavy atom. The first-order valence-electron chi connectivity index (χ1n) is 12.5. The quantitative estimate of drug-likeness (QED) is 0.418. The third-order valence-corrected chi connectivity index (χ3v) is 6.05. The molecule has 0 bridgehead atoms. The highest BCUT2D eigenvalue weighted by molar-refractivity contribution is 5.99. The highest BCUT2D eigenvalue weighted by Crippen LogP contribution is 2.26. The van der Waals surface area contributed by atoms with Gasteiger partial charge in [-0.25, -0.2) is 4.68 Å². The normalized spacial score (nSPS) is 11.4. The summed E-state index contributed by atoms with van der Waals surface area (Å²) in [5.74, 6) is 0.188. The minimum absolute atomic E-state index is 0.0309.